The van der Waals surface area contributed by atoms with Crippen molar-refractivity contribution in [1.82, 2.24) is 15.2 Å². The fraction of sp³-hybridized carbons (Fsp3) is 0.278. The monoisotopic (exact) mass is 374 g/mol. The quantitative estimate of drug-likeness (QED) is 0.386. The summed E-state index contributed by atoms with van der Waals surface area (Å²) >= 11 is 0.925. The number of aromatic amines is 1. The number of nitrogens with zero attached hydrogens (tertiary/aromatic N) is 2. The molecular formula is C18H20N3O4S-. The summed E-state index contributed by atoms with van der Waals surface area (Å²) in [6.45, 7) is 8.20. The third kappa shape index (κ3) is 5.38. The van der Waals surface area contributed by atoms with E-state index in [1.807, 2.05) is 13.8 Å². The van der Waals surface area contributed by atoms with E-state index in [0.717, 1.165) is 11.8 Å². The summed E-state index contributed by atoms with van der Waals surface area (Å²) in [4.78, 5) is 15.7. The lowest BCUT2D eigenvalue weighted by Gasteiger charge is -2.12. The van der Waals surface area contributed by atoms with Gasteiger partial charge in [-0.2, -0.15) is 0 Å². The normalized spacial score (nSPS) is 11.2. The van der Waals surface area contributed by atoms with Gasteiger partial charge in [0.05, 0.1) is 12.6 Å². The summed E-state index contributed by atoms with van der Waals surface area (Å²) < 4.78 is 11.1. The molecule has 0 amide bonds. The van der Waals surface area contributed by atoms with Crippen LogP contribution in [0.25, 0.3) is 6.08 Å². The summed E-state index contributed by atoms with van der Waals surface area (Å²) in [6, 6.07) is 5.17. The number of carbonyl (C=O) groups is 1. The van der Waals surface area contributed by atoms with E-state index in [0.29, 0.717) is 47.7 Å². The summed E-state index contributed by atoms with van der Waals surface area (Å²) in [5.74, 6) is 0.473. The van der Waals surface area contributed by atoms with Gasteiger partial charge in [0.2, 0.25) is 5.16 Å². The van der Waals surface area contributed by atoms with Crippen LogP contribution in [0.5, 0.6) is 11.5 Å². The molecule has 1 aromatic carbocycles. The Labute approximate surface area is 156 Å². The fourth-order valence-electron chi connectivity index (χ4n) is 2.01. The molecule has 0 aliphatic rings. The van der Waals surface area contributed by atoms with Crippen LogP contribution in [-0.2, 0) is 11.2 Å². The van der Waals surface area contributed by atoms with Crippen molar-refractivity contribution in [2.45, 2.75) is 25.4 Å². The minimum Gasteiger partial charge on any atom is -0.544 e. The molecule has 0 bridgehead atoms. The highest BCUT2D eigenvalue weighted by Crippen LogP contribution is 2.31. The predicted octanol–water partition coefficient (Wildman–Crippen LogP) is 2.21. The summed E-state index contributed by atoms with van der Waals surface area (Å²) in [5.41, 5.74) is 0.636. The van der Waals surface area contributed by atoms with Gasteiger partial charge in [0, 0.05) is 11.3 Å². The number of carboxylic acids is 1. The molecule has 0 saturated carbocycles. The second kappa shape index (κ2) is 9.67. The Bertz CT molecular complexity index is 801. The van der Waals surface area contributed by atoms with Crippen LogP contribution in [0.1, 0.15) is 25.2 Å². The number of H-pyrrole nitrogens is 1. The molecule has 0 radical (unpaired) electrons. The molecule has 1 aromatic heterocycles. The van der Waals surface area contributed by atoms with E-state index >= 15 is 0 Å². The summed E-state index contributed by atoms with van der Waals surface area (Å²) in [7, 11) is 0. The van der Waals surface area contributed by atoms with Gasteiger partial charge in [0.25, 0.3) is 0 Å². The largest absolute Gasteiger partial charge is 0.544 e. The van der Waals surface area contributed by atoms with Crippen molar-refractivity contribution in [2.24, 2.45) is 0 Å². The molecule has 0 saturated heterocycles. The highest BCUT2D eigenvalue weighted by atomic mass is 32.2. The van der Waals surface area contributed by atoms with Gasteiger partial charge >= 0.3 is 0 Å². The van der Waals surface area contributed by atoms with Gasteiger partial charge < -0.3 is 19.4 Å². The lowest BCUT2D eigenvalue weighted by atomic mass is 10.2. The average Bonchev–Trinajstić information content (AvgIpc) is 3.08. The van der Waals surface area contributed by atoms with Crippen molar-refractivity contribution in [3.8, 4) is 11.5 Å². The molecule has 138 valence electrons. The zero-order chi connectivity index (χ0) is 18.9. The lowest BCUT2D eigenvalue weighted by molar-refractivity contribution is -0.297. The molecule has 0 spiro atoms. The van der Waals surface area contributed by atoms with Crippen LogP contribution in [0, 0.1) is 0 Å². The highest BCUT2D eigenvalue weighted by molar-refractivity contribution is 8.04. The SMILES string of the molecule is C=CCOc1ccc(/C=C(\Sc2n[nH]c(CC)n2)C(=O)[O-])cc1OCC. The molecule has 0 fully saturated rings. The predicted molar refractivity (Wildman–Crippen MR) is 97.9 cm³/mol. The zero-order valence-corrected chi connectivity index (χ0v) is 15.5. The average molecular weight is 374 g/mol. The Morgan fingerprint density at radius 1 is 1.35 bits per heavy atom. The minimum atomic E-state index is -1.30. The number of aryl methyl sites for hydroxylation is 1. The third-order valence-electron chi connectivity index (χ3n) is 3.17. The van der Waals surface area contributed by atoms with Gasteiger partial charge in [-0.05, 0) is 42.5 Å². The van der Waals surface area contributed by atoms with Crippen LogP contribution >= 0.6 is 11.8 Å². The van der Waals surface area contributed by atoms with Crippen molar-refractivity contribution in [2.75, 3.05) is 13.2 Å². The number of carboxylic acid groups (broad SMARTS) is 1. The topological polar surface area (TPSA) is 100 Å². The van der Waals surface area contributed by atoms with E-state index in [2.05, 4.69) is 21.8 Å². The van der Waals surface area contributed by atoms with E-state index in [1.165, 1.54) is 6.08 Å². The van der Waals surface area contributed by atoms with E-state index in [4.69, 9.17) is 9.47 Å². The first-order chi connectivity index (χ1) is 12.6. The van der Waals surface area contributed by atoms with Crippen molar-refractivity contribution in [3.63, 3.8) is 0 Å². The molecule has 0 aliphatic carbocycles. The molecule has 1 N–H and O–H groups in total. The summed E-state index contributed by atoms with van der Waals surface area (Å²) in [5, 5.41) is 18.5. The first-order valence-corrected chi connectivity index (χ1v) is 8.91. The number of aliphatic carboxylic acids is 1. The van der Waals surface area contributed by atoms with E-state index in [1.54, 1.807) is 24.3 Å². The van der Waals surface area contributed by atoms with Crippen LogP contribution < -0.4 is 14.6 Å². The number of hydrogen-bond donors (Lipinski definition) is 1. The smallest absolute Gasteiger partial charge is 0.213 e. The second-order valence-corrected chi connectivity index (χ2v) is 6.06. The first kappa shape index (κ1) is 19.6. The number of thioether (sulfide) groups is 1. The Hall–Kier alpha value is -2.74. The molecule has 2 aromatic rings. The molecule has 0 atom stereocenters. The Balaban J connectivity index is 2.28. The van der Waals surface area contributed by atoms with Crippen molar-refractivity contribution < 1.29 is 19.4 Å². The Morgan fingerprint density at radius 3 is 2.77 bits per heavy atom. The van der Waals surface area contributed by atoms with Gasteiger partial charge in [0.15, 0.2) is 11.5 Å². The fourth-order valence-corrected chi connectivity index (χ4v) is 2.73. The van der Waals surface area contributed by atoms with E-state index in [9.17, 15) is 9.90 Å². The van der Waals surface area contributed by atoms with Gasteiger partial charge in [-0.1, -0.05) is 25.6 Å². The molecule has 0 aliphatic heterocycles. The standard InChI is InChI=1S/C18H21N3O4S/c1-4-9-25-13-8-7-12(10-14(13)24-6-3)11-15(17(22)23)26-18-19-16(5-2)20-21-18/h4,7-8,10-11H,1,5-6,9H2,2-3H3,(H,22,23)(H,19,20,21)/p-1/b15-11-. The van der Waals surface area contributed by atoms with Gasteiger partial charge in [-0.15, -0.1) is 5.10 Å². The minimum absolute atomic E-state index is 0.00568. The van der Waals surface area contributed by atoms with E-state index in [-0.39, 0.29) is 4.91 Å². The van der Waals surface area contributed by atoms with Crippen LogP contribution in [0.4, 0.5) is 0 Å². The molecule has 1 heterocycles. The van der Waals surface area contributed by atoms with E-state index < -0.39 is 5.97 Å². The number of rotatable bonds is 10. The highest BCUT2D eigenvalue weighted by Gasteiger charge is 2.10. The number of benzene rings is 1. The van der Waals surface area contributed by atoms with Crippen LogP contribution in [0.2, 0.25) is 0 Å². The number of ether oxygens (including phenoxy) is 2. The maximum Gasteiger partial charge on any atom is 0.213 e. The molecule has 0 unspecified atom stereocenters. The Kier molecular flexibility index (Phi) is 7.28. The molecule has 8 heteroatoms. The van der Waals surface area contributed by atoms with Crippen LogP contribution in [-0.4, -0.2) is 34.4 Å². The molecular weight excluding hydrogens is 354 g/mol. The maximum atomic E-state index is 11.5. The number of nitrogens with one attached hydrogen (secondary N) is 1. The number of hydrogen-bond acceptors (Lipinski definition) is 7. The molecule has 2 rings (SSSR count). The second-order valence-electron chi connectivity index (χ2n) is 5.06. The Morgan fingerprint density at radius 2 is 2.15 bits per heavy atom. The molecule has 7 nitrogen and oxygen atoms in total. The molecule has 26 heavy (non-hydrogen) atoms. The number of carbonyl (C=O) groups excluding carboxylic acids is 1. The van der Waals surface area contributed by atoms with Crippen molar-refractivity contribution >= 4 is 23.8 Å². The van der Waals surface area contributed by atoms with Crippen molar-refractivity contribution in [3.05, 3.63) is 47.1 Å². The maximum absolute atomic E-state index is 11.5. The van der Waals surface area contributed by atoms with Gasteiger partial charge in [0.1, 0.15) is 12.4 Å². The van der Waals surface area contributed by atoms with Gasteiger partial charge in [-0.3, -0.25) is 5.10 Å². The van der Waals surface area contributed by atoms with Crippen LogP contribution in [0.15, 0.2) is 40.9 Å². The van der Waals surface area contributed by atoms with Crippen LogP contribution in [0.3, 0.4) is 0 Å². The summed E-state index contributed by atoms with van der Waals surface area (Å²) in [6.07, 6.45) is 3.80. The zero-order valence-electron chi connectivity index (χ0n) is 14.7. The third-order valence-corrected chi connectivity index (χ3v) is 4.04. The van der Waals surface area contributed by atoms with Crippen molar-refractivity contribution in [1.29, 1.82) is 0 Å². The number of aromatic nitrogens is 3. The van der Waals surface area contributed by atoms with Gasteiger partial charge in [-0.25, -0.2) is 4.98 Å². The first-order valence-electron chi connectivity index (χ1n) is 8.10. The lowest BCUT2D eigenvalue weighted by Crippen LogP contribution is -2.23.